The first-order chi connectivity index (χ1) is 11.8. The van der Waals surface area contributed by atoms with Gasteiger partial charge in [0.05, 0.1) is 4.92 Å². The molecule has 1 saturated heterocycles. The number of carbonyl (C=O) groups is 1. The van der Waals surface area contributed by atoms with E-state index in [1.165, 1.54) is 6.07 Å². The van der Waals surface area contributed by atoms with Crippen LogP contribution in [0.3, 0.4) is 0 Å². The summed E-state index contributed by atoms with van der Waals surface area (Å²) in [6.07, 6.45) is 2.09. The van der Waals surface area contributed by atoms with Gasteiger partial charge < -0.3 is 14.5 Å². The SMILES string of the molecule is CC(C1CCN(C)CC1)N(C)C(=O)COc1ccc([N+](=O)[O-])c(F)c1. The molecule has 1 fully saturated rings. The molecular weight excluding hydrogens is 329 g/mol. The van der Waals surface area contributed by atoms with Crippen molar-refractivity contribution in [3.05, 3.63) is 34.1 Å². The van der Waals surface area contributed by atoms with Crippen LogP contribution in [-0.4, -0.2) is 60.5 Å². The summed E-state index contributed by atoms with van der Waals surface area (Å²) in [7, 11) is 3.83. The molecule has 1 aliphatic rings. The largest absolute Gasteiger partial charge is 0.484 e. The number of rotatable bonds is 6. The Bertz CT molecular complexity index is 632. The maximum absolute atomic E-state index is 13.6. The second-order valence-corrected chi connectivity index (χ2v) is 6.54. The molecule has 1 aliphatic heterocycles. The fourth-order valence-electron chi connectivity index (χ4n) is 3.03. The van der Waals surface area contributed by atoms with E-state index in [0.717, 1.165) is 38.1 Å². The van der Waals surface area contributed by atoms with Gasteiger partial charge in [0, 0.05) is 25.2 Å². The Hall–Kier alpha value is -2.22. The van der Waals surface area contributed by atoms with E-state index in [2.05, 4.69) is 11.9 Å². The molecule has 0 aliphatic carbocycles. The van der Waals surface area contributed by atoms with Gasteiger partial charge in [0.1, 0.15) is 5.75 Å². The average Bonchev–Trinajstić information content (AvgIpc) is 2.58. The first-order valence-corrected chi connectivity index (χ1v) is 8.30. The van der Waals surface area contributed by atoms with Gasteiger partial charge >= 0.3 is 5.69 Å². The lowest BCUT2D eigenvalue weighted by molar-refractivity contribution is -0.387. The molecule has 1 aromatic carbocycles. The van der Waals surface area contributed by atoms with Crippen molar-refractivity contribution in [2.45, 2.75) is 25.8 Å². The zero-order valence-electron chi connectivity index (χ0n) is 14.8. The number of nitro benzene ring substituents is 1. The smallest absolute Gasteiger partial charge is 0.305 e. The van der Waals surface area contributed by atoms with Gasteiger partial charge in [-0.1, -0.05) is 0 Å². The standard InChI is InChI=1S/C17H24FN3O4/c1-12(13-6-8-19(2)9-7-13)20(3)17(22)11-25-14-4-5-16(21(23)24)15(18)10-14/h4-5,10,12-13H,6-9,11H2,1-3H3. The molecule has 0 spiro atoms. The number of carbonyl (C=O) groups excluding carboxylic acids is 1. The molecule has 25 heavy (non-hydrogen) atoms. The number of halogens is 1. The summed E-state index contributed by atoms with van der Waals surface area (Å²) in [4.78, 5) is 26.0. The molecule has 1 unspecified atom stereocenters. The Labute approximate surface area is 146 Å². The van der Waals surface area contributed by atoms with Crippen LogP contribution in [0.2, 0.25) is 0 Å². The number of nitro groups is 1. The van der Waals surface area contributed by atoms with Crippen LogP contribution in [0.5, 0.6) is 5.75 Å². The number of hydrogen-bond donors (Lipinski definition) is 0. The highest BCUT2D eigenvalue weighted by Gasteiger charge is 2.27. The number of hydrogen-bond acceptors (Lipinski definition) is 5. The number of benzene rings is 1. The molecule has 7 nitrogen and oxygen atoms in total. The quantitative estimate of drug-likeness (QED) is 0.579. The number of nitrogens with zero attached hydrogens (tertiary/aromatic N) is 3. The summed E-state index contributed by atoms with van der Waals surface area (Å²) in [6.45, 7) is 3.84. The topological polar surface area (TPSA) is 75.9 Å². The van der Waals surface area contributed by atoms with Crippen molar-refractivity contribution >= 4 is 11.6 Å². The summed E-state index contributed by atoms with van der Waals surface area (Å²) >= 11 is 0. The van der Waals surface area contributed by atoms with Crippen molar-refractivity contribution in [3.63, 3.8) is 0 Å². The molecule has 1 atom stereocenters. The van der Waals surface area contributed by atoms with Crippen molar-refractivity contribution in [1.82, 2.24) is 9.80 Å². The van der Waals surface area contributed by atoms with Gasteiger partial charge in [0.2, 0.25) is 5.82 Å². The predicted octanol–water partition coefficient (Wildman–Crippen LogP) is 2.30. The normalized spacial score (nSPS) is 17.1. The zero-order chi connectivity index (χ0) is 18.6. The summed E-state index contributed by atoms with van der Waals surface area (Å²) in [5.74, 6) is -0.646. The monoisotopic (exact) mass is 353 g/mol. The summed E-state index contributed by atoms with van der Waals surface area (Å²) < 4.78 is 18.9. The lowest BCUT2D eigenvalue weighted by atomic mass is 9.90. The van der Waals surface area contributed by atoms with Crippen molar-refractivity contribution in [2.24, 2.45) is 5.92 Å². The van der Waals surface area contributed by atoms with Crippen LogP contribution in [0.1, 0.15) is 19.8 Å². The minimum absolute atomic E-state index is 0.0943. The molecule has 0 N–H and O–H groups in total. The molecule has 2 rings (SSSR count). The molecule has 1 amide bonds. The molecule has 0 radical (unpaired) electrons. The Morgan fingerprint density at radius 1 is 1.48 bits per heavy atom. The van der Waals surface area contributed by atoms with E-state index >= 15 is 0 Å². The fraction of sp³-hybridized carbons (Fsp3) is 0.588. The van der Waals surface area contributed by atoms with Gasteiger partial charge in [-0.25, -0.2) is 0 Å². The van der Waals surface area contributed by atoms with Crippen LogP contribution in [0.25, 0.3) is 0 Å². The minimum Gasteiger partial charge on any atom is -0.484 e. The fourth-order valence-corrected chi connectivity index (χ4v) is 3.03. The van der Waals surface area contributed by atoms with Gasteiger partial charge in [-0.05, 0) is 51.9 Å². The zero-order valence-corrected chi connectivity index (χ0v) is 14.8. The number of likely N-dealkylation sites (N-methyl/N-ethyl adjacent to an activating group) is 1. The summed E-state index contributed by atoms with van der Waals surface area (Å²) in [6, 6.07) is 3.33. The molecule has 8 heteroatoms. The van der Waals surface area contributed by atoms with Gasteiger partial charge in [-0.3, -0.25) is 14.9 Å². The molecule has 0 saturated carbocycles. The van der Waals surface area contributed by atoms with Crippen LogP contribution >= 0.6 is 0 Å². The van der Waals surface area contributed by atoms with Crippen molar-refractivity contribution < 1.29 is 18.8 Å². The van der Waals surface area contributed by atoms with Crippen LogP contribution in [0.15, 0.2) is 18.2 Å². The number of piperidine rings is 1. The molecule has 1 heterocycles. The second kappa shape index (κ2) is 8.24. The molecule has 0 bridgehead atoms. The lowest BCUT2D eigenvalue weighted by Gasteiger charge is -2.37. The number of amides is 1. The van der Waals surface area contributed by atoms with E-state index in [0.29, 0.717) is 5.92 Å². The van der Waals surface area contributed by atoms with E-state index in [9.17, 15) is 19.3 Å². The molecule has 1 aromatic rings. The van der Waals surface area contributed by atoms with Gasteiger partial charge in [0.15, 0.2) is 6.61 Å². The first-order valence-electron chi connectivity index (χ1n) is 8.30. The van der Waals surface area contributed by atoms with Crippen LogP contribution < -0.4 is 4.74 Å². The Balaban J connectivity index is 1.88. The van der Waals surface area contributed by atoms with Crippen LogP contribution in [0, 0.1) is 21.8 Å². The molecular formula is C17H24FN3O4. The maximum atomic E-state index is 13.6. The highest BCUT2D eigenvalue weighted by Crippen LogP contribution is 2.24. The summed E-state index contributed by atoms with van der Waals surface area (Å²) in [5, 5.41) is 10.6. The third-order valence-corrected chi connectivity index (χ3v) is 4.93. The third kappa shape index (κ3) is 4.88. The van der Waals surface area contributed by atoms with E-state index in [1.54, 1.807) is 11.9 Å². The van der Waals surface area contributed by atoms with Crippen LogP contribution in [0.4, 0.5) is 10.1 Å². The highest BCUT2D eigenvalue weighted by molar-refractivity contribution is 5.77. The first kappa shape index (κ1) is 19.1. The van der Waals surface area contributed by atoms with Crippen molar-refractivity contribution in [2.75, 3.05) is 33.8 Å². The average molecular weight is 353 g/mol. The van der Waals surface area contributed by atoms with Crippen molar-refractivity contribution in [3.8, 4) is 5.75 Å². The minimum atomic E-state index is -0.983. The van der Waals surface area contributed by atoms with E-state index in [4.69, 9.17) is 4.74 Å². The lowest BCUT2D eigenvalue weighted by Crippen LogP contribution is -2.45. The van der Waals surface area contributed by atoms with Crippen LogP contribution in [-0.2, 0) is 4.79 Å². The Morgan fingerprint density at radius 2 is 2.12 bits per heavy atom. The molecule has 0 aromatic heterocycles. The maximum Gasteiger partial charge on any atom is 0.305 e. The van der Waals surface area contributed by atoms with E-state index in [-0.39, 0.29) is 24.3 Å². The Morgan fingerprint density at radius 3 is 2.68 bits per heavy atom. The summed E-state index contributed by atoms with van der Waals surface area (Å²) in [5.41, 5.74) is -0.619. The number of likely N-dealkylation sites (tertiary alicyclic amines) is 1. The molecule has 138 valence electrons. The van der Waals surface area contributed by atoms with Gasteiger partial charge in [-0.2, -0.15) is 4.39 Å². The van der Waals surface area contributed by atoms with Crippen molar-refractivity contribution in [1.29, 1.82) is 0 Å². The second-order valence-electron chi connectivity index (χ2n) is 6.54. The van der Waals surface area contributed by atoms with E-state index < -0.39 is 16.4 Å². The highest BCUT2D eigenvalue weighted by atomic mass is 19.1. The van der Waals surface area contributed by atoms with E-state index in [1.807, 2.05) is 6.92 Å². The third-order valence-electron chi connectivity index (χ3n) is 4.93. The van der Waals surface area contributed by atoms with Gasteiger partial charge in [0.25, 0.3) is 5.91 Å². The van der Waals surface area contributed by atoms with Gasteiger partial charge in [-0.15, -0.1) is 0 Å². The predicted molar refractivity (Wildman–Crippen MR) is 91.0 cm³/mol. The number of ether oxygens (including phenoxy) is 1. The Kier molecular flexibility index (Phi) is 6.30.